The SMILES string of the molecule is O=Cc1cccc(SCCC(=O)O)c1C=O. The number of carboxylic acid groups (broad SMARTS) is 1. The highest BCUT2D eigenvalue weighted by Gasteiger charge is 2.08. The molecule has 0 saturated heterocycles. The number of carbonyl (C=O) groups is 3. The molecule has 0 fully saturated rings. The first kappa shape index (κ1) is 12.4. The second kappa shape index (κ2) is 6.07. The summed E-state index contributed by atoms with van der Waals surface area (Å²) in [6.07, 6.45) is 1.26. The summed E-state index contributed by atoms with van der Waals surface area (Å²) in [5.41, 5.74) is 0.656. The highest BCUT2D eigenvalue weighted by Crippen LogP contribution is 2.24. The molecule has 1 N–H and O–H groups in total. The van der Waals surface area contributed by atoms with Gasteiger partial charge < -0.3 is 5.11 Å². The molecule has 0 spiro atoms. The number of aliphatic carboxylic acids is 1. The van der Waals surface area contributed by atoms with Gasteiger partial charge >= 0.3 is 5.97 Å². The highest BCUT2D eigenvalue weighted by atomic mass is 32.2. The van der Waals surface area contributed by atoms with E-state index in [1.165, 1.54) is 11.8 Å². The van der Waals surface area contributed by atoms with Crippen LogP contribution in [0.4, 0.5) is 0 Å². The first-order chi connectivity index (χ1) is 7.69. The Balaban J connectivity index is 2.82. The van der Waals surface area contributed by atoms with E-state index < -0.39 is 5.97 Å². The van der Waals surface area contributed by atoms with Crippen LogP contribution < -0.4 is 0 Å². The third-order valence-electron chi connectivity index (χ3n) is 1.92. The lowest BCUT2D eigenvalue weighted by Crippen LogP contribution is -1.98. The first-order valence-electron chi connectivity index (χ1n) is 4.57. The minimum atomic E-state index is -0.883. The number of rotatable bonds is 6. The van der Waals surface area contributed by atoms with Gasteiger partial charge in [0.05, 0.1) is 6.42 Å². The third-order valence-corrected chi connectivity index (χ3v) is 2.99. The molecule has 0 aliphatic rings. The van der Waals surface area contributed by atoms with E-state index in [1.54, 1.807) is 18.2 Å². The Morgan fingerprint density at radius 2 is 2.06 bits per heavy atom. The van der Waals surface area contributed by atoms with E-state index in [2.05, 4.69) is 0 Å². The number of benzene rings is 1. The number of carboxylic acids is 1. The molecule has 0 heterocycles. The van der Waals surface area contributed by atoms with Crippen LogP contribution in [0.2, 0.25) is 0 Å². The van der Waals surface area contributed by atoms with E-state index in [9.17, 15) is 14.4 Å². The molecule has 1 rings (SSSR count). The molecule has 0 bridgehead atoms. The first-order valence-corrected chi connectivity index (χ1v) is 5.55. The lowest BCUT2D eigenvalue weighted by atomic mass is 10.1. The monoisotopic (exact) mass is 238 g/mol. The molecule has 4 nitrogen and oxygen atoms in total. The molecule has 0 aliphatic carbocycles. The summed E-state index contributed by atoms with van der Waals surface area (Å²) >= 11 is 1.26. The second-order valence-corrected chi connectivity index (χ2v) is 4.12. The molecule has 1 aromatic rings. The fourth-order valence-electron chi connectivity index (χ4n) is 1.16. The Hall–Kier alpha value is -1.62. The number of carbonyl (C=O) groups excluding carboxylic acids is 2. The summed E-state index contributed by atoms with van der Waals surface area (Å²) in [6, 6.07) is 4.92. The van der Waals surface area contributed by atoms with Crippen LogP contribution in [0.5, 0.6) is 0 Å². The van der Waals surface area contributed by atoms with Crippen LogP contribution in [-0.4, -0.2) is 29.4 Å². The minimum absolute atomic E-state index is 0.0221. The van der Waals surface area contributed by atoms with Gasteiger partial charge in [-0.05, 0) is 6.07 Å². The van der Waals surface area contributed by atoms with Crippen LogP contribution in [0.1, 0.15) is 27.1 Å². The fourth-order valence-corrected chi connectivity index (χ4v) is 2.16. The Morgan fingerprint density at radius 1 is 1.31 bits per heavy atom. The van der Waals surface area contributed by atoms with Crippen molar-refractivity contribution in [2.75, 3.05) is 5.75 Å². The predicted molar refractivity (Wildman–Crippen MR) is 60.2 cm³/mol. The van der Waals surface area contributed by atoms with Crippen LogP contribution in [0.25, 0.3) is 0 Å². The van der Waals surface area contributed by atoms with Crippen molar-refractivity contribution in [3.63, 3.8) is 0 Å². The summed E-state index contributed by atoms with van der Waals surface area (Å²) < 4.78 is 0. The van der Waals surface area contributed by atoms with Crippen molar-refractivity contribution in [3.05, 3.63) is 29.3 Å². The largest absolute Gasteiger partial charge is 0.481 e. The van der Waals surface area contributed by atoms with Gasteiger partial charge in [0, 0.05) is 21.8 Å². The number of hydrogen-bond acceptors (Lipinski definition) is 4. The van der Waals surface area contributed by atoms with Crippen molar-refractivity contribution in [1.29, 1.82) is 0 Å². The van der Waals surface area contributed by atoms with E-state index in [1.807, 2.05) is 0 Å². The van der Waals surface area contributed by atoms with E-state index in [4.69, 9.17) is 5.11 Å². The molecule has 0 saturated carbocycles. The Kier molecular flexibility index (Phi) is 4.72. The molecule has 5 heteroatoms. The van der Waals surface area contributed by atoms with E-state index in [-0.39, 0.29) is 6.42 Å². The number of aldehydes is 2. The van der Waals surface area contributed by atoms with Gasteiger partial charge in [0.25, 0.3) is 0 Å². The topological polar surface area (TPSA) is 71.4 Å². The molecule has 16 heavy (non-hydrogen) atoms. The summed E-state index contributed by atoms with van der Waals surface area (Å²) in [5, 5.41) is 8.48. The molecular formula is C11H10O4S. The van der Waals surface area contributed by atoms with Crippen molar-refractivity contribution in [2.24, 2.45) is 0 Å². The molecule has 0 atom stereocenters. The number of thioether (sulfide) groups is 1. The van der Waals surface area contributed by atoms with E-state index in [0.29, 0.717) is 34.3 Å². The zero-order valence-corrected chi connectivity index (χ0v) is 9.20. The number of hydrogen-bond donors (Lipinski definition) is 1. The molecule has 0 unspecified atom stereocenters. The van der Waals surface area contributed by atoms with Gasteiger partial charge in [-0.2, -0.15) is 0 Å². The van der Waals surface area contributed by atoms with Crippen molar-refractivity contribution in [2.45, 2.75) is 11.3 Å². The smallest absolute Gasteiger partial charge is 0.304 e. The Labute approximate surface area is 96.7 Å². The summed E-state index contributed by atoms with van der Waals surface area (Å²) in [7, 11) is 0. The molecule has 1 aromatic carbocycles. The van der Waals surface area contributed by atoms with Crippen LogP contribution in [-0.2, 0) is 4.79 Å². The molecule has 0 amide bonds. The maximum atomic E-state index is 10.8. The predicted octanol–water partition coefficient (Wildman–Crippen LogP) is 1.88. The molecular weight excluding hydrogens is 228 g/mol. The second-order valence-electron chi connectivity index (χ2n) is 2.99. The van der Waals surface area contributed by atoms with Gasteiger partial charge in [0.2, 0.25) is 0 Å². The average molecular weight is 238 g/mol. The van der Waals surface area contributed by atoms with Gasteiger partial charge in [-0.15, -0.1) is 11.8 Å². The van der Waals surface area contributed by atoms with Gasteiger partial charge in [-0.1, -0.05) is 12.1 Å². The van der Waals surface area contributed by atoms with Crippen LogP contribution in [0.3, 0.4) is 0 Å². The zero-order chi connectivity index (χ0) is 12.0. The van der Waals surface area contributed by atoms with Crippen LogP contribution in [0.15, 0.2) is 23.1 Å². The molecule has 0 aromatic heterocycles. The lowest BCUT2D eigenvalue weighted by Gasteiger charge is -2.05. The summed E-state index contributed by atoms with van der Waals surface area (Å²) in [4.78, 5) is 32.4. The third kappa shape index (κ3) is 3.20. The van der Waals surface area contributed by atoms with Crippen molar-refractivity contribution >= 4 is 30.3 Å². The van der Waals surface area contributed by atoms with Gasteiger partial charge in [-0.25, -0.2) is 0 Å². The van der Waals surface area contributed by atoms with E-state index >= 15 is 0 Å². The van der Waals surface area contributed by atoms with Crippen LogP contribution in [0, 0.1) is 0 Å². The average Bonchev–Trinajstić information content (AvgIpc) is 2.28. The van der Waals surface area contributed by atoms with Crippen molar-refractivity contribution in [1.82, 2.24) is 0 Å². The van der Waals surface area contributed by atoms with E-state index in [0.717, 1.165) is 0 Å². The maximum Gasteiger partial charge on any atom is 0.304 e. The summed E-state index contributed by atoms with van der Waals surface area (Å²) in [5.74, 6) is -0.509. The molecule has 0 aliphatic heterocycles. The molecule has 0 radical (unpaired) electrons. The summed E-state index contributed by atoms with van der Waals surface area (Å²) in [6.45, 7) is 0. The van der Waals surface area contributed by atoms with Gasteiger partial charge in [0.1, 0.15) is 0 Å². The van der Waals surface area contributed by atoms with Gasteiger partial charge in [-0.3, -0.25) is 14.4 Å². The standard InChI is InChI=1S/C11H10O4S/c12-6-8-2-1-3-10(9(8)7-13)16-5-4-11(14)15/h1-3,6-7H,4-5H2,(H,14,15). The Morgan fingerprint density at radius 3 is 2.62 bits per heavy atom. The minimum Gasteiger partial charge on any atom is -0.481 e. The maximum absolute atomic E-state index is 10.8. The normalized spacial score (nSPS) is 9.75. The quantitative estimate of drug-likeness (QED) is 0.605. The lowest BCUT2D eigenvalue weighted by molar-refractivity contribution is -0.136. The highest BCUT2D eigenvalue weighted by molar-refractivity contribution is 7.99. The fraction of sp³-hybridized carbons (Fsp3) is 0.182. The molecule has 84 valence electrons. The van der Waals surface area contributed by atoms with Crippen molar-refractivity contribution < 1.29 is 19.5 Å². The van der Waals surface area contributed by atoms with Gasteiger partial charge in [0.15, 0.2) is 12.6 Å². The van der Waals surface area contributed by atoms with Crippen LogP contribution >= 0.6 is 11.8 Å². The van der Waals surface area contributed by atoms with Crippen molar-refractivity contribution in [3.8, 4) is 0 Å². The zero-order valence-electron chi connectivity index (χ0n) is 8.38. The Bertz CT molecular complexity index is 414.